The molecule has 0 atom stereocenters. The molecule has 0 unspecified atom stereocenters. The lowest BCUT2D eigenvalue weighted by atomic mass is 10.2. The average molecular weight is 156 g/mol. The molecule has 0 aromatic carbocycles. The van der Waals surface area contributed by atoms with Gasteiger partial charge < -0.3 is 5.11 Å². The number of allylic oxidation sites excluding steroid dienone is 2. The number of carbonyl (C=O) groups excluding carboxylic acids is 2. The molecule has 0 aromatic rings. The Morgan fingerprint density at radius 1 is 1.45 bits per heavy atom. The summed E-state index contributed by atoms with van der Waals surface area (Å²) >= 11 is 0. The van der Waals surface area contributed by atoms with E-state index in [1.165, 1.54) is 6.92 Å². The first kappa shape index (κ1) is 9.88. The first-order chi connectivity index (χ1) is 5.07. The van der Waals surface area contributed by atoms with Gasteiger partial charge in [0, 0.05) is 19.4 Å². The third-order valence-corrected chi connectivity index (χ3v) is 1.15. The third-order valence-electron chi connectivity index (χ3n) is 1.15. The van der Waals surface area contributed by atoms with Gasteiger partial charge in [-0.2, -0.15) is 0 Å². The molecular weight excluding hydrogens is 144 g/mol. The zero-order chi connectivity index (χ0) is 8.85. The summed E-state index contributed by atoms with van der Waals surface area (Å²) in [5.41, 5.74) is 0. The SMILES string of the molecule is CCCC(=O)C=C(O)C(C)=O. The van der Waals surface area contributed by atoms with E-state index in [4.69, 9.17) is 5.11 Å². The van der Waals surface area contributed by atoms with Crippen LogP contribution in [0, 0.1) is 0 Å². The van der Waals surface area contributed by atoms with Crippen LogP contribution in [0.2, 0.25) is 0 Å². The molecule has 0 spiro atoms. The number of aliphatic hydroxyl groups excluding tert-OH is 1. The van der Waals surface area contributed by atoms with Gasteiger partial charge >= 0.3 is 0 Å². The maximum atomic E-state index is 10.8. The van der Waals surface area contributed by atoms with Crippen molar-refractivity contribution in [3.63, 3.8) is 0 Å². The summed E-state index contributed by atoms with van der Waals surface area (Å²) in [6.45, 7) is 3.07. The van der Waals surface area contributed by atoms with Crippen molar-refractivity contribution in [2.45, 2.75) is 26.7 Å². The molecule has 0 heterocycles. The van der Waals surface area contributed by atoms with Crippen LogP contribution >= 0.6 is 0 Å². The smallest absolute Gasteiger partial charge is 0.194 e. The normalized spacial score (nSPS) is 11.3. The minimum atomic E-state index is -0.477. The average Bonchev–Trinajstić information content (AvgIpc) is 1.87. The topological polar surface area (TPSA) is 54.4 Å². The molecule has 1 N–H and O–H groups in total. The van der Waals surface area contributed by atoms with E-state index in [0.29, 0.717) is 6.42 Å². The van der Waals surface area contributed by atoms with Crippen LogP contribution in [-0.4, -0.2) is 16.7 Å². The molecular formula is C8H12O3. The van der Waals surface area contributed by atoms with E-state index in [1.54, 1.807) is 0 Å². The zero-order valence-corrected chi connectivity index (χ0v) is 6.76. The second-order valence-electron chi connectivity index (χ2n) is 2.30. The fourth-order valence-electron chi connectivity index (χ4n) is 0.573. The van der Waals surface area contributed by atoms with Crippen molar-refractivity contribution < 1.29 is 14.7 Å². The van der Waals surface area contributed by atoms with Gasteiger partial charge in [-0.1, -0.05) is 6.92 Å². The lowest BCUT2D eigenvalue weighted by Crippen LogP contribution is -2.00. The van der Waals surface area contributed by atoms with Crippen molar-refractivity contribution >= 4 is 11.6 Å². The van der Waals surface area contributed by atoms with E-state index in [0.717, 1.165) is 12.5 Å². The van der Waals surface area contributed by atoms with Gasteiger partial charge in [0.1, 0.15) is 0 Å². The molecule has 0 aliphatic carbocycles. The van der Waals surface area contributed by atoms with Crippen LogP contribution in [0.25, 0.3) is 0 Å². The lowest BCUT2D eigenvalue weighted by molar-refractivity contribution is -0.118. The van der Waals surface area contributed by atoms with Crippen molar-refractivity contribution in [3.05, 3.63) is 11.8 Å². The van der Waals surface area contributed by atoms with Crippen LogP contribution in [0.3, 0.4) is 0 Å². The summed E-state index contributed by atoms with van der Waals surface area (Å²) in [5, 5.41) is 8.81. The summed E-state index contributed by atoms with van der Waals surface area (Å²) < 4.78 is 0. The Bertz CT molecular complexity index is 192. The number of rotatable bonds is 4. The largest absolute Gasteiger partial charge is 0.504 e. The second-order valence-corrected chi connectivity index (χ2v) is 2.30. The predicted molar refractivity (Wildman–Crippen MR) is 41.3 cm³/mol. The molecule has 11 heavy (non-hydrogen) atoms. The van der Waals surface area contributed by atoms with E-state index < -0.39 is 11.5 Å². The molecule has 0 aliphatic rings. The fraction of sp³-hybridized carbons (Fsp3) is 0.500. The Labute approximate surface area is 65.7 Å². The first-order valence-corrected chi connectivity index (χ1v) is 3.52. The molecule has 0 aliphatic heterocycles. The second kappa shape index (κ2) is 4.66. The Hall–Kier alpha value is -1.12. The van der Waals surface area contributed by atoms with Gasteiger partial charge in [-0.15, -0.1) is 0 Å². The molecule has 62 valence electrons. The molecule has 3 heteroatoms. The summed E-state index contributed by atoms with van der Waals surface area (Å²) in [4.78, 5) is 21.2. The molecule has 0 rings (SSSR count). The van der Waals surface area contributed by atoms with Gasteiger partial charge in [0.25, 0.3) is 0 Å². The highest BCUT2D eigenvalue weighted by Crippen LogP contribution is 1.95. The monoisotopic (exact) mass is 156 g/mol. The van der Waals surface area contributed by atoms with Gasteiger partial charge in [0.05, 0.1) is 0 Å². The van der Waals surface area contributed by atoms with Crippen LogP contribution in [-0.2, 0) is 9.59 Å². The number of carbonyl (C=O) groups is 2. The molecule has 3 nitrogen and oxygen atoms in total. The Balaban J connectivity index is 4.08. The van der Waals surface area contributed by atoms with E-state index in [9.17, 15) is 9.59 Å². The van der Waals surface area contributed by atoms with Crippen LogP contribution in [0.4, 0.5) is 0 Å². The molecule has 0 fully saturated rings. The zero-order valence-electron chi connectivity index (χ0n) is 6.76. The van der Waals surface area contributed by atoms with Gasteiger partial charge in [-0.3, -0.25) is 9.59 Å². The van der Waals surface area contributed by atoms with Crippen molar-refractivity contribution in [2.24, 2.45) is 0 Å². The molecule has 0 saturated heterocycles. The van der Waals surface area contributed by atoms with E-state index in [2.05, 4.69) is 0 Å². The first-order valence-electron chi connectivity index (χ1n) is 3.52. The summed E-state index contributed by atoms with van der Waals surface area (Å²) in [6.07, 6.45) is 2.07. The molecule has 0 amide bonds. The number of aliphatic hydroxyl groups is 1. The van der Waals surface area contributed by atoms with Crippen LogP contribution < -0.4 is 0 Å². The maximum absolute atomic E-state index is 10.8. The Morgan fingerprint density at radius 2 is 2.00 bits per heavy atom. The predicted octanol–water partition coefficient (Wildman–Crippen LogP) is 1.39. The fourth-order valence-corrected chi connectivity index (χ4v) is 0.573. The highest BCUT2D eigenvalue weighted by molar-refractivity contribution is 5.99. The quantitative estimate of drug-likeness (QED) is 0.494. The standard InChI is InChI=1S/C8H12O3/c1-3-4-7(10)5-8(11)6(2)9/h5,11H,3-4H2,1-2H3. The summed E-state index contributed by atoms with van der Waals surface area (Å²) in [5.74, 6) is -1.14. The minimum Gasteiger partial charge on any atom is -0.504 e. The van der Waals surface area contributed by atoms with Crippen LogP contribution in [0.15, 0.2) is 11.8 Å². The van der Waals surface area contributed by atoms with Gasteiger partial charge in [0.15, 0.2) is 17.3 Å². The Kier molecular flexibility index (Phi) is 4.18. The van der Waals surface area contributed by atoms with Crippen molar-refractivity contribution in [3.8, 4) is 0 Å². The van der Waals surface area contributed by atoms with Gasteiger partial charge in [-0.05, 0) is 6.42 Å². The molecule has 0 radical (unpaired) electrons. The summed E-state index contributed by atoms with van der Waals surface area (Å²) in [7, 11) is 0. The van der Waals surface area contributed by atoms with E-state index in [-0.39, 0.29) is 5.78 Å². The van der Waals surface area contributed by atoms with Crippen LogP contribution in [0.5, 0.6) is 0 Å². The number of hydrogen-bond acceptors (Lipinski definition) is 3. The van der Waals surface area contributed by atoms with E-state index in [1.807, 2.05) is 6.92 Å². The lowest BCUT2D eigenvalue weighted by Gasteiger charge is -1.92. The van der Waals surface area contributed by atoms with Crippen LogP contribution in [0.1, 0.15) is 26.7 Å². The van der Waals surface area contributed by atoms with E-state index >= 15 is 0 Å². The summed E-state index contributed by atoms with van der Waals surface area (Å²) in [6, 6.07) is 0. The minimum absolute atomic E-state index is 0.208. The van der Waals surface area contributed by atoms with Gasteiger partial charge in [0.2, 0.25) is 0 Å². The molecule has 0 bridgehead atoms. The number of ketones is 2. The van der Waals surface area contributed by atoms with Crippen molar-refractivity contribution in [1.82, 2.24) is 0 Å². The number of Topliss-reactive ketones (excluding diaryl/α,β-unsaturated/α-hetero) is 1. The Morgan fingerprint density at radius 3 is 2.36 bits per heavy atom. The molecule has 0 aromatic heterocycles. The maximum Gasteiger partial charge on any atom is 0.194 e. The van der Waals surface area contributed by atoms with Crippen molar-refractivity contribution in [2.75, 3.05) is 0 Å². The highest BCUT2D eigenvalue weighted by Gasteiger charge is 2.02. The van der Waals surface area contributed by atoms with Crippen molar-refractivity contribution in [1.29, 1.82) is 0 Å². The highest BCUT2D eigenvalue weighted by atomic mass is 16.3. The van der Waals surface area contributed by atoms with Gasteiger partial charge in [-0.25, -0.2) is 0 Å². The number of hydrogen-bond donors (Lipinski definition) is 1. The molecule has 0 saturated carbocycles. The third kappa shape index (κ3) is 4.31.